The van der Waals surface area contributed by atoms with E-state index in [1.807, 2.05) is 42.5 Å². The lowest BCUT2D eigenvalue weighted by Crippen LogP contribution is -1.67. The second-order valence-corrected chi connectivity index (χ2v) is 5.59. The average Bonchev–Trinajstić information content (AvgIpc) is 3.05. The van der Waals surface area contributed by atoms with Gasteiger partial charge in [0.15, 0.2) is 11.3 Å². The number of halogens is 1. The first-order valence-corrected chi connectivity index (χ1v) is 7.27. The molecule has 22 heavy (non-hydrogen) atoms. The van der Waals surface area contributed by atoms with Crippen molar-refractivity contribution in [1.29, 1.82) is 0 Å². The van der Waals surface area contributed by atoms with E-state index in [-0.39, 0.29) is 11.9 Å². The predicted octanol–water partition coefficient (Wildman–Crippen LogP) is 5.19. The molecule has 0 spiro atoms. The van der Waals surface area contributed by atoms with Gasteiger partial charge in [-0.15, -0.1) is 5.11 Å². The van der Waals surface area contributed by atoms with Gasteiger partial charge in [-0.25, -0.2) is 0 Å². The number of rotatable bonds is 2. The van der Waals surface area contributed by atoms with Crippen molar-refractivity contribution >= 4 is 49.6 Å². The SMILES string of the molecule is Oc1[nH]c2ccc(Br)cc2c1N=Nc1nc2ccccc2o1. The van der Waals surface area contributed by atoms with E-state index in [2.05, 4.69) is 36.1 Å². The molecule has 0 unspecified atom stereocenters. The molecule has 0 aliphatic heterocycles. The van der Waals surface area contributed by atoms with E-state index < -0.39 is 0 Å². The summed E-state index contributed by atoms with van der Waals surface area (Å²) in [6.45, 7) is 0. The number of azo groups is 1. The number of H-pyrrole nitrogens is 1. The van der Waals surface area contributed by atoms with Gasteiger partial charge in [-0.2, -0.15) is 4.98 Å². The number of hydrogen-bond acceptors (Lipinski definition) is 5. The third kappa shape index (κ3) is 2.15. The van der Waals surface area contributed by atoms with Crippen LogP contribution >= 0.6 is 15.9 Å². The van der Waals surface area contributed by atoms with E-state index in [1.165, 1.54) is 0 Å². The molecule has 6 nitrogen and oxygen atoms in total. The Morgan fingerprint density at radius 2 is 2.00 bits per heavy atom. The van der Waals surface area contributed by atoms with Crippen molar-refractivity contribution in [3.8, 4) is 5.88 Å². The molecule has 7 heteroatoms. The van der Waals surface area contributed by atoms with Crippen molar-refractivity contribution in [2.75, 3.05) is 0 Å². The molecule has 0 aliphatic carbocycles. The zero-order valence-electron chi connectivity index (χ0n) is 11.1. The number of aromatic amines is 1. The van der Waals surface area contributed by atoms with E-state index in [0.717, 1.165) is 15.4 Å². The first-order valence-electron chi connectivity index (χ1n) is 6.48. The van der Waals surface area contributed by atoms with Crippen LogP contribution in [0.1, 0.15) is 0 Å². The molecular weight excluding hydrogens is 348 g/mol. The number of nitrogens with zero attached hydrogens (tertiary/aromatic N) is 3. The fourth-order valence-corrected chi connectivity index (χ4v) is 2.59. The molecule has 0 atom stereocenters. The quantitative estimate of drug-likeness (QED) is 0.484. The minimum absolute atomic E-state index is 0.0482. The second-order valence-electron chi connectivity index (χ2n) is 4.68. The number of benzene rings is 2. The van der Waals surface area contributed by atoms with Gasteiger partial charge in [0.1, 0.15) is 5.52 Å². The van der Waals surface area contributed by atoms with Gasteiger partial charge in [-0.1, -0.05) is 33.2 Å². The number of oxazole rings is 1. The maximum absolute atomic E-state index is 9.97. The van der Waals surface area contributed by atoms with E-state index >= 15 is 0 Å². The van der Waals surface area contributed by atoms with Crippen LogP contribution in [0.2, 0.25) is 0 Å². The summed E-state index contributed by atoms with van der Waals surface area (Å²) in [5, 5.41) is 18.8. The minimum atomic E-state index is -0.0482. The van der Waals surface area contributed by atoms with Crippen molar-refractivity contribution in [3.63, 3.8) is 0 Å². The zero-order valence-corrected chi connectivity index (χ0v) is 12.7. The highest BCUT2D eigenvalue weighted by molar-refractivity contribution is 9.10. The van der Waals surface area contributed by atoms with Crippen LogP contribution in [0.3, 0.4) is 0 Å². The number of nitrogens with one attached hydrogen (secondary N) is 1. The maximum atomic E-state index is 9.97. The predicted molar refractivity (Wildman–Crippen MR) is 85.8 cm³/mol. The number of aromatic hydroxyl groups is 1. The van der Waals surface area contributed by atoms with Crippen LogP contribution in [0.15, 0.2) is 61.6 Å². The number of para-hydroxylation sites is 2. The largest absolute Gasteiger partial charge is 0.493 e. The molecule has 0 amide bonds. The van der Waals surface area contributed by atoms with Gasteiger partial charge in [0.25, 0.3) is 0 Å². The molecule has 2 aromatic heterocycles. The van der Waals surface area contributed by atoms with Gasteiger partial charge in [-0.3, -0.25) is 0 Å². The summed E-state index contributed by atoms with van der Waals surface area (Å²) in [6.07, 6.45) is 0. The minimum Gasteiger partial charge on any atom is -0.493 e. The summed E-state index contributed by atoms with van der Waals surface area (Å²) < 4.78 is 6.36. The summed E-state index contributed by atoms with van der Waals surface area (Å²) in [6, 6.07) is 13.1. The van der Waals surface area contributed by atoms with Crippen molar-refractivity contribution < 1.29 is 9.52 Å². The third-order valence-corrected chi connectivity index (χ3v) is 3.73. The maximum Gasteiger partial charge on any atom is 0.341 e. The van der Waals surface area contributed by atoms with Crippen molar-refractivity contribution in [2.24, 2.45) is 10.2 Å². The van der Waals surface area contributed by atoms with Gasteiger partial charge in [0.2, 0.25) is 5.88 Å². The Morgan fingerprint density at radius 1 is 1.14 bits per heavy atom. The van der Waals surface area contributed by atoms with Crippen LogP contribution in [0.4, 0.5) is 11.7 Å². The van der Waals surface area contributed by atoms with Gasteiger partial charge >= 0.3 is 6.01 Å². The second kappa shape index (κ2) is 4.96. The lowest BCUT2D eigenvalue weighted by Gasteiger charge is -1.92. The normalized spacial score (nSPS) is 11.9. The molecule has 4 aromatic rings. The van der Waals surface area contributed by atoms with Gasteiger partial charge < -0.3 is 14.5 Å². The number of aromatic nitrogens is 2. The summed E-state index contributed by atoms with van der Waals surface area (Å²) in [5.74, 6) is -0.0482. The van der Waals surface area contributed by atoms with Gasteiger partial charge in [0.05, 0.1) is 5.52 Å². The fraction of sp³-hybridized carbons (Fsp3) is 0. The Bertz CT molecular complexity index is 986. The zero-order chi connectivity index (χ0) is 15.1. The average molecular weight is 357 g/mol. The van der Waals surface area contributed by atoms with E-state index in [0.29, 0.717) is 16.8 Å². The molecule has 2 N–H and O–H groups in total. The van der Waals surface area contributed by atoms with Crippen LogP contribution in [-0.2, 0) is 0 Å². The number of fused-ring (bicyclic) bond motifs is 2. The molecule has 108 valence electrons. The molecule has 2 aromatic carbocycles. The molecular formula is C15H9BrN4O2. The first kappa shape index (κ1) is 13.0. The Kier molecular flexibility index (Phi) is 2.93. The van der Waals surface area contributed by atoms with Crippen molar-refractivity contribution in [3.05, 3.63) is 46.9 Å². The molecule has 0 bridgehead atoms. The fourth-order valence-electron chi connectivity index (χ4n) is 2.23. The van der Waals surface area contributed by atoms with Crippen LogP contribution < -0.4 is 0 Å². The highest BCUT2D eigenvalue weighted by Crippen LogP contribution is 2.37. The highest BCUT2D eigenvalue weighted by atomic mass is 79.9. The number of hydrogen-bond donors (Lipinski definition) is 2. The van der Waals surface area contributed by atoms with Crippen LogP contribution in [0.25, 0.3) is 22.0 Å². The van der Waals surface area contributed by atoms with Gasteiger partial charge in [0, 0.05) is 9.86 Å². The smallest absolute Gasteiger partial charge is 0.341 e. The highest BCUT2D eigenvalue weighted by Gasteiger charge is 2.11. The molecule has 2 heterocycles. The van der Waals surface area contributed by atoms with Crippen LogP contribution in [0, 0.1) is 0 Å². The molecule has 0 fully saturated rings. The molecule has 0 aliphatic rings. The van der Waals surface area contributed by atoms with Crippen LogP contribution in [-0.4, -0.2) is 15.1 Å². The summed E-state index contributed by atoms with van der Waals surface area (Å²) in [4.78, 5) is 7.06. The Balaban J connectivity index is 1.79. The summed E-state index contributed by atoms with van der Waals surface area (Å²) >= 11 is 3.40. The van der Waals surface area contributed by atoms with Crippen molar-refractivity contribution in [2.45, 2.75) is 0 Å². The van der Waals surface area contributed by atoms with Crippen molar-refractivity contribution in [1.82, 2.24) is 9.97 Å². The summed E-state index contributed by atoms with van der Waals surface area (Å²) in [7, 11) is 0. The first-order chi connectivity index (χ1) is 10.7. The standard InChI is InChI=1S/C15H9BrN4O2/c16-8-5-6-10-9(7-8)13(14(21)17-10)19-20-15-18-11-3-1-2-4-12(11)22-15/h1-7,17,21H. The lowest BCUT2D eigenvalue weighted by atomic mass is 10.2. The third-order valence-electron chi connectivity index (χ3n) is 3.23. The molecule has 0 saturated carbocycles. The molecule has 0 saturated heterocycles. The Hall–Kier alpha value is -2.67. The van der Waals surface area contributed by atoms with E-state index in [9.17, 15) is 5.11 Å². The van der Waals surface area contributed by atoms with Crippen LogP contribution in [0.5, 0.6) is 5.88 Å². The Labute approximate surface area is 132 Å². The molecule has 4 rings (SSSR count). The summed E-state index contributed by atoms with van der Waals surface area (Å²) in [5.41, 5.74) is 2.47. The van der Waals surface area contributed by atoms with E-state index in [4.69, 9.17) is 4.42 Å². The Morgan fingerprint density at radius 3 is 2.86 bits per heavy atom. The monoisotopic (exact) mass is 356 g/mol. The van der Waals surface area contributed by atoms with E-state index in [1.54, 1.807) is 0 Å². The molecule has 0 radical (unpaired) electrons. The van der Waals surface area contributed by atoms with Gasteiger partial charge in [-0.05, 0) is 30.3 Å². The topological polar surface area (TPSA) is 86.8 Å². The lowest BCUT2D eigenvalue weighted by molar-refractivity contribution is 0.459.